The van der Waals surface area contributed by atoms with Crippen molar-refractivity contribution in [2.24, 2.45) is 0 Å². The van der Waals surface area contributed by atoms with E-state index in [1.54, 1.807) is 0 Å². The molecule has 496 valence electrons. The van der Waals surface area contributed by atoms with Crippen LogP contribution in [0.3, 0.4) is 0 Å². The first-order valence-electron chi connectivity index (χ1n) is 27.1. The molecule has 0 saturated heterocycles. The van der Waals surface area contributed by atoms with Crippen molar-refractivity contribution in [2.45, 2.75) is 156 Å². The summed E-state index contributed by atoms with van der Waals surface area (Å²) in [5.74, 6) is -3.41. The van der Waals surface area contributed by atoms with E-state index in [4.69, 9.17) is 0 Å². The number of nitrogens with one attached hydrogen (secondary N) is 4. The molecule has 0 radical (unpaired) electrons. The van der Waals surface area contributed by atoms with Crippen LogP contribution < -0.4 is 37.6 Å². The average molecular weight is 1270 g/mol. The second-order valence-corrected chi connectivity index (χ2v) is 20.7. The lowest BCUT2D eigenvalue weighted by molar-refractivity contribution is -0.117. The highest BCUT2D eigenvalue weighted by molar-refractivity contribution is 5.67. The lowest BCUT2D eigenvalue weighted by Crippen LogP contribution is -2.47. The summed E-state index contributed by atoms with van der Waals surface area (Å²) in [6.45, 7) is -6.43. The molecule has 4 amide bonds. The first kappa shape index (κ1) is 73.4. The SMILES string of the molecule is O=C(O)NCc1ccc(CCC(NC(=O)O)c2c(O)c(=O)ccn2CC(O)C(O)C(O)C(O)CO)c(CCC(NC(=O)O)c2c(O)c(=O)ccn2CC(O)C(O)C(O)C(O)CO)c1CCC(NC(=O)O)c1c(O)c(=O)ccn1CC(O)C(O)C(O)C(O)CO. The third kappa shape index (κ3) is 19.5. The summed E-state index contributed by atoms with van der Waals surface area (Å²) in [5, 5.41) is 237. The number of aromatic hydroxyl groups is 3. The molecule has 0 aliphatic heterocycles. The Kier molecular flexibility index (Phi) is 27.6. The van der Waals surface area contributed by atoms with E-state index in [1.807, 2.05) is 0 Å². The number of aliphatic hydroxyl groups excluding tert-OH is 15. The fourth-order valence-corrected chi connectivity index (χ4v) is 10.1. The lowest BCUT2D eigenvalue weighted by Gasteiger charge is -2.30. The first-order valence-corrected chi connectivity index (χ1v) is 27.1. The highest BCUT2D eigenvalue weighted by atomic mass is 16.4. The molecule has 0 fully saturated rings. The van der Waals surface area contributed by atoms with Gasteiger partial charge < -0.3 is 147 Å². The van der Waals surface area contributed by atoms with Crippen molar-refractivity contribution in [3.8, 4) is 17.2 Å². The minimum Gasteiger partial charge on any atom is -0.503 e. The molecule has 0 aliphatic rings. The number of pyridine rings is 3. The van der Waals surface area contributed by atoms with E-state index in [9.17, 15) is 146 Å². The van der Waals surface area contributed by atoms with Crippen molar-refractivity contribution in [3.63, 3.8) is 0 Å². The van der Waals surface area contributed by atoms with Gasteiger partial charge in [0, 0.05) is 43.3 Å². The molecule has 0 saturated carbocycles. The summed E-state index contributed by atoms with van der Waals surface area (Å²) < 4.78 is 2.68. The number of hydrogen-bond acceptors (Lipinski definition) is 25. The number of amides is 4. The number of hydrogen-bond donors (Lipinski definition) is 26. The Morgan fingerprint density at radius 2 is 0.652 bits per heavy atom. The maximum absolute atomic E-state index is 13.1. The predicted molar refractivity (Wildman–Crippen MR) is 298 cm³/mol. The number of rotatable bonds is 35. The van der Waals surface area contributed by atoms with E-state index in [2.05, 4.69) is 21.3 Å². The summed E-state index contributed by atoms with van der Waals surface area (Å²) >= 11 is 0. The van der Waals surface area contributed by atoms with Crippen molar-refractivity contribution in [3.05, 3.63) is 119 Å². The predicted octanol–water partition coefficient (Wildman–Crippen LogP) is -6.81. The number of nitrogens with zero attached hydrogens (tertiary/aromatic N) is 3. The van der Waals surface area contributed by atoms with Gasteiger partial charge in [0.25, 0.3) is 0 Å². The van der Waals surface area contributed by atoms with Gasteiger partial charge in [-0.25, -0.2) is 19.2 Å². The molecular weight excluding hydrogens is 1200 g/mol. The molecule has 15 unspecified atom stereocenters. The Morgan fingerprint density at radius 1 is 0.382 bits per heavy atom. The molecule has 3 aromatic heterocycles. The van der Waals surface area contributed by atoms with Gasteiger partial charge in [0.15, 0.2) is 17.2 Å². The molecule has 0 spiro atoms. The van der Waals surface area contributed by atoms with Gasteiger partial charge in [0.05, 0.1) is 74.7 Å². The number of carboxylic acid groups (broad SMARTS) is 4. The number of aromatic nitrogens is 3. The minimum absolute atomic E-state index is 0.0241. The molecule has 26 N–H and O–H groups in total. The Hall–Kier alpha value is -8.05. The Bertz CT molecular complexity index is 3220. The molecule has 0 bridgehead atoms. The standard InChI is InChI=1S/C53H75N7O29/c61-19-35(70)47(79)44(76)32(67)16-58-12-9-29(64)41(73)38(58)26(55-51(84)85)6-3-22-1-2-23(15-54-50(82)83)25(5-8-28(57-53(88)89)40-43(75)31(66)11-14-60(40)18-34(69)46(78)49(81)37(72)21-63)24(22)4-7-27(56-52(86)87)39-42(74)30(65)10-13-59(39)17-33(68)45(77)48(80)36(71)20-62/h1-2,9-14,26-28,32-37,44-49,54-57,61-63,67-81H,3-8,15-21H2,(H,82,83)(H,84,85)(H,86,87)(H,88,89). The molecule has 3 heterocycles. The maximum atomic E-state index is 13.1. The molecule has 89 heavy (non-hydrogen) atoms. The molecule has 4 rings (SSSR count). The largest absolute Gasteiger partial charge is 0.503 e. The minimum atomic E-state index is -2.24. The van der Waals surface area contributed by atoms with Gasteiger partial charge in [0.1, 0.15) is 73.2 Å². The monoisotopic (exact) mass is 1270 g/mol. The van der Waals surface area contributed by atoms with Crippen LogP contribution in [-0.4, -0.2) is 243 Å². The summed E-state index contributed by atoms with van der Waals surface area (Å²) in [5.41, 5.74) is -4.97. The van der Waals surface area contributed by atoms with Crippen LogP contribution in [0.25, 0.3) is 0 Å². The van der Waals surface area contributed by atoms with Crippen molar-refractivity contribution >= 4 is 24.4 Å². The smallest absolute Gasteiger partial charge is 0.405 e. The summed E-state index contributed by atoms with van der Waals surface area (Å²) in [7, 11) is 0. The summed E-state index contributed by atoms with van der Waals surface area (Å²) in [4.78, 5) is 89.2. The quantitative estimate of drug-likeness (QED) is 0.0204. The van der Waals surface area contributed by atoms with Crippen LogP contribution in [0.4, 0.5) is 19.2 Å². The molecular formula is C53H75N7O29. The van der Waals surface area contributed by atoms with E-state index in [0.717, 1.165) is 50.5 Å². The maximum Gasteiger partial charge on any atom is 0.405 e. The lowest BCUT2D eigenvalue weighted by atomic mass is 9.85. The molecule has 0 aliphatic carbocycles. The van der Waals surface area contributed by atoms with Gasteiger partial charge in [-0.2, -0.15) is 0 Å². The van der Waals surface area contributed by atoms with Crippen LogP contribution in [0.1, 0.15) is 76.7 Å². The zero-order valence-corrected chi connectivity index (χ0v) is 47.0. The van der Waals surface area contributed by atoms with Gasteiger partial charge in [-0.3, -0.25) is 14.4 Å². The molecule has 36 nitrogen and oxygen atoms in total. The number of aryl methyl sites for hydroxylation is 1. The molecule has 4 aromatic rings. The number of aliphatic hydroxyl groups is 15. The second-order valence-electron chi connectivity index (χ2n) is 20.7. The third-order valence-electron chi connectivity index (χ3n) is 14.7. The molecule has 36 heteroatoms. The van der Waals surface area contributed by atoms with Crippen LogP contribution in [0.15, 0.2) is 63.3 Å². The van der Waals surface area contributed by atoms with Gasteiger partial charge >= 0.3 is 24.4 Å². The second kappa shape index (κ2) is 33.5. The van der Waals surface area contributed by atoms with Crippen molar-refractivity contribution in [1.29, 1.82) is 0 Å². The van der Waals surface area contributed by atoms with E-state index >= 15 is 0 Å². The van der Waals surface area contributed by atoms with Crippen molar-refractivity contribution in [2.75, 3.05) is 19.8 Å². The molecule has 1 aromatic carbocycles. The number of benzene rings is 1. The highest BCUT2D eigenvalue weighted by Crippen LogP contribution is 2.35. The first-order chi connectivity index (χ1) is 41.8. The Balaban J connectivity index is 2.05. The normalized spacial score (nSPS) is 16.8. The topological polar surface area (TPSA) is 627 Å². The van der Waals surface area contributed by atoms with Crippen molar-refractivity contribution < 1.29 is 132 Å². The fourth-order valence-electron chi connectivity index (χ4n) is 10.1. The Labute approximate surface area is 501 Å². The zero-order valence-electron chi connectivity index (χ0n) is 47.0. The van der Waals surface area contributed by atoms with Crippen LogP contribution in [-0.2, 0) is 45.4 Å². The average Bonchev–Trinajstić information content (AvgIpc) is 3.41. The van der Waals surface area contributed by atoms with Crippen LogP contribution in [0.5, 0.6) is 17.2 Å². The summed E-state index contributed by atoms with van der Waals surface area (Å²) in [6, 6.07) is -0.278. The third-order valence-corrected chi connectivity index (χ3v) is 14.7. The van der Waals surface area contributed by atoms with E-state index < -0.39 is 251 Å². The number of carbonyl (C=O) groups is 4. The van der Waals surface area contributed by atoms with E-state index in [1.165, 1.54) is 12.1 Å². The van der Waals surface area contributed by atoms with Crippen LogP contribution in [0, 0.1) is 0 Å². The van der Waals surface area contributed by atoms with Gasteiger partial charge in [-0.1, -0.05) is 12.1 Å². The van der Waals surface area contributed by atoms with E-state index in [-0.39, 0.29) is 22.3 Å². The van der Waals surface area contributed by atoms with E-state index in [0.29, 0.717) is 0 Å². The van der Waals surface area contributed by atoms with Gasteiger partial charge in [-0.15, -0.1) is 0 Å². The zero-order chi connectivity index (χ0) is 66.9. The van der Waals surface area contributed by atoms with Crippen LogP contribution >= 0.6 is 0 Å². The highest BCUT2D eigenvalue weighted by Gasteiger charge is 2.36. The Morgan fingerprint density at radius 3 is 0.933 bits per heavy atom. The van der Waals surface area contributed by atoms with Crippen LogP contribution in [0.2, 0.25) is 0 Å². The fraction of sp³-hybridized carbons (Fsp3) is 0.528. The summed E-state index contributed by atoms with van der Waals surface area (Å²) in [6.07, 6.45) is -32.8. The molecule has 15 atom stereocenters. The van der Waals surface area contributed by atoms with Crippen molar-refractivity contribution in [1.82, 2.24) is 35.0 Å². The van der Waals surface area contributed by atoms with Gasteiger partial charge in [0.2, 0.25) is 16.3 Å². The van der Waals surface area contributed by atoms with Gasteiger partial charge in [-0.05, 0) is 60.8 Å².